The lowest BCUT2D eigenvalue weighted by Crippen LogP contribution is -1.92. The fourth-order valence-corrected chi connectivity index (χ4v) is 2.56. The van der Waals surface area contributed by atoms with Crippen LogP contribution in [0.4, 0.5) is 0 Å². The Kier molecular flexibility index (Phi) is 6.37. The smallest absolute Gasteiger partial charge is 0.508 e. The van der Waals surface area contributed by atoms with Gasteiger partial charge in [0.1, 0.15) is 36.2 Å². The highest BCUT2D eigenvalue weighted by atomic mass is 31.1. The molecule has 0 bridgehead atoms. The van der Waals surface area contributed by atoms with Crippen LogP contribution in [-0.2, 0) is 26.8 Å². The first-order valence-electron chi connectivity index (χ1n) is 6.97. The minimum atomic E-state index is -2.37. The second-order valence-corrected chi connectivity index (χ2v) is 5.81. The highest BCUT2D eigenvalue weighted by Gasteiger charge is 2.21. The molecule has 2 aromatic carbocycles. The van der Waals surface area contributed by atoms with Crippen molar-refractivity contribution in [2.75, 3.05) is 14.2 Å². The van der Waals surface area contributed by atoms with Crippen LogP contribution in [0.1, 0.15) is 11.1 Å². The molecule has 2 rings (SSSR count). The fraction of sp³-hybridized carbons (Fsp3) is 0.250. The highest BCUT2D eigenvalue weighted by molar-refractivity contribution is 7.33. The van der Waals surface area contributed by atoms with Gasteiger partial charge in [0.15, 0.2) is 0 Å². The lowest BCUT2D eigenvalue weighted by Gasteiger charge is -2.04. The zero-order valence-corrected chi connectivity index (χ0v) is 14.2. The lowest BCUT2D eigenvalue weighted by atomic mass is 10.2. The van der Waals surface area contributed by atoms with Gasteiger partial charge in [-0.15, -0.1) is 9.05 Å². The number of hydrogen-bond donors (Lipinski definition) is 2. The van der Waals surface area contributed by atoms with Crippen LogP contribution in [0.5, 0.6) is 23.0 Å². The molecule has 0 aromatic heterocycles. The zero-order chi connectivity index (χ0) is 17.5. The van der Waals surface area contributed by atoms with Crippen molar-refractivity contribution in [3.05, 3.63) is 47.5 Å². The van der Waals surface area contributed by atoms with Gasteiger partial charge in [0, 0.05) is 16.7 Å². The Morgan fingerprint density at radius 3 is 1.58 bits per heavy atom. The maximum absolute atomic E-state index is 11.8. The normalized spacial score (nSPS) is 10.4. The summed E-state index contributed by atoms with van der Waals surface area (Å²) in [7, 11) is 0.588. The van der Waals surface area contributed by atoms with Gasteiger partial charge in [0.25, 0.3) is 0 Å². The number of phenols is 2. The molecule has 0 saturated heterocycles. The maximum atomic E-state index is 11.8. The number of aromatic hydroxyl groups is 2. The van der Waals surface area contributed by atoms with Crippen molar-refractivity contribution in [2.45, 2.75) is 13.2 Å². The molecule has 2 N–H and O–H groups in total. The minimum absolute atomic E-state index is 0.0106. The van der Waals surface area contributed by atoms with Crippen molar-refractivity contribution in [1.82, 2.24) is 0 Å². The summed E-state index contributed by atoms with van der Waals surface area (Å²) in [4.78, 5) is 0. The molecule has 0 aliphatic carbocycles. The molecule has 0 radical (unpaired) electrons. The number of hydrogen-bond acceptors (Lipinski definition) is 7. The van der Waals surface area contributed by atoms with Gasteiger partial charge in [0.2, 0.25) is 0 Å². The molecule has 0 amide bonds. The SMILES string of the molecule is COc1cc(O)cc(CO[P+](=O)OCc2cc(O)cc(OC)c2)c1. The number of methoxy groups -OCH3 is 2. The zero-order valence-electron chi connectivity index (χ0n) is 13.3. The summed E-state index contributed by atoms with van der Waals surface area (Å²) < 4.78 is 32.1. The summed E-state index contributed by atoms with van der Waals surface area (Å²) >= 11 is 0. The molecule has 7 nitrogen and oxygen atoms in total. The summed E-state index contributed by atoms with van der Waals surface area (Å²) in [6, 6.07) is 9.17. The van der Waals surface area contributed by atoms with Crippen molar-refractivity contribution >= 4 is 8.25 Å². The molecule has 0 heterocycles. The van der Waals surface area contributed by atoms with E-state index >= 15 is 0 Å². The lowest BCUT2D eigenvalue weighted by molar-refractivity contribution is 0.212. The van der Waals surface area contributed by atoms with E-state index in [0.717, 1.165) is 0 Å². The van der Waals surface area contributed by atoms with E-state index in [2.05, 4.69) is 0 Å². The van der Waals surface area contributed by atoms with Crippen LogP contribution in [0.2, 0.25) is 0 Å². The third kappa shape index (κ3) is 5.38. The van der Waals surface area contributed by atoms with Crippen LogP contribution in [0.3, 0.4) is 0 Å². The van der Waals surface area contributed by atoms with Gasteiger partial charge >= 0.3 is 8.25 Å². The predicted octanol–water partition coefficient (Wildman–Crippen LogP) is 3.51. The molecule has 0 atom stereocenters. The van der Waals surface area contributed by atoms with Gasteiger partial charge in [-0.05, 0) is 35.4 Å². The first-order valence-corrected chi connectivity index (χ1v) is 8.06. The fourth-order valence-electron chi connectivity index (χ4n) is 1.98. The monoisotopic (exact) mass is 353 g/mol. The third-order valence-corrected chi connectivity index (χ3v) is 3.73. The van der Waals surface area contributed by atoms with Crippen molar-refractivity contribution in [3.63, 3.8) is 0 Å². The average molecular weight is 353 g/mol. The molecule has 0 fully saturated rings. The van der Waals surface area contributed by atoms with E-state index in [1.54, 1.807) is 12.1 Å². The first-order chi connectivity index (χ1) is 11.5. The van der Waals surface area contributed by atoms with Crippen molar-refractivity contribution < 1.29 is 33.3 Å². The standard InChI is InChI=1S/C16H17O7P/c1-20-15-5-11(3-13(17)7-15)9-22-24(19)23-10-12-4-14(18)8-16(6-12)21-2/h3-8H,9-10H2,1-2H3,(H-,17,18)/p+1. The predicted molar refractivity (Wildman–Crippen MR) is 86.5 cm³/mol. The molecule has 0 saturated carbocycles. The number of benzene rings is 2. The van der Waals surface area contributed by atoms with E-state index < -0.39 is 8.25 Å². The summed E-state index contributed by atoms with van der Waals surface area (Å²) in [5, 5.41) is 19.1. The number of rotatable bonds is 8. The molecule has 0 aliphatic heterocycles. The molecular weight excluding hydrogens is 335 g/mol. The minimum Gasteiger partial charge on any atom is -0.508 e. The molecule has 0 unspecified atom stereocenters. The maximum Gasteiger partial charge on any atom is 0.698 e. The summed E-state index contributed by atoms with van der Waals surface area (Å²) in [6.45, 7) is -0.0212. The first kappa shape index (κ1) is 18.0. The largest absolute Gasteiger partial charge is 0.698 e. The Bertz CT molecular complexity index is 658. The molecular formula is C16H18O7P+. The van der Waals surface area contributed by atoms with Crippen LogP contribution >= 0.6 is 8.25 Å². The second-order valence-electron chi connectivity index (χ2n) is 4.85. The molecule has 0 aliphatic rings. The van der Waals surface area contributed by atoms with Crippen molar-refractivity contribution in [2.24, 2.45) is 0 Å². The van der Waals surface area contributed by atoms with Gasteiger partial charge in [0.05, 0.1) is 14.2 Å². The van der Waals surface area contributed by atoms with E-state index in [0.29, 0.717) is 22.6 Å². The summed E-state index contributed by atoms with van der Waals surface area (Å²) in [5.41, 5.74) is 1.19. The number of phenolic OH excluding ortho intramolecular Hbond substituents is 2. The number of ether oxygens (including phenoxy) is 2. The topological polar surface area (TPSA) is 94.5 Å². The average Bonchev–Trinajstić information content (AvgIpc) is 2.57. The van der Waals surface area contributed by atoms with Crippen molar-refractivity contribution in [3.8, 4) is 23.0 Å². The van der Waals surface area contributed by atoms with Gasteiger partial charge in [-0.25, -0.2) is 0 Å². The van der Waals surface area contributed by atoms with Gasteiger partial charge in [-0.1, -0.05) is 0 Å². The van der Waals surface area contributed by atoms with Crippen LogP contribution in [0, 0.1) is 0 Å². The van der Waals surface area contributed by atoms with E-state index in [1.807, 2.05) is 0 Å². The Morgan fingerprint density at radius 1 is 0.792 bits per heavy atom. The molecule has 2 aromatic rings. The summed E-state index contributed by atoms with van der Waals surface area (Å²) in [6.07, 6.45) is 0. The van der Waals surface area contributed by atoms with E-state index in [9.17, 15) is 14.8 Å². The second kappa shape index (κ2) is 8.49. The van der Waals surface area contributed by atoms with Gasteiger partial charge in [-0.3, -0.25) is 0 Å². The Hall–Kier alpha value is -2.34. The van der Waals surface area contributed by atoms with E-state index in [4.69, 9.17) is 18.5 Å². The van der Waals surface area contributed by atoms with Crippen LogP contribution < -0.4 is 9.47 Å². The quantitative estimate of drug-likeness (QED) is 0.701. The van der Waals surface area contributed by atoms with E-state index in [1.165, 1.54) is 38.5 Å². The Morgan fingerprint density at radius 2 is 1.21 bits per heavy atom. The van der Waals surface area contributed by atoms with E-state index in [-0.39, 0.29) is 24.7 Å². The Balaban J connectivity index is 1.88. The Labute approximate surface area is 140 Å². The highest BCUT2D eigenvalue weighted by Crippen LogP contribution is 2.31. The molecule has 0 spiro atoms. The third-order valence-electron chi connectivity index (χ3n) is 3.05. The summed E-state index contributed by atoms with van der Waals surface area (Å²) in [5.74, 6) is 0.986. The molecule has 8 heteroatoms. The molecule has 24 heavy (non-hydrogen) atoms. The van der Waals surface area contributed by atoms with Crippen LogP contribution in [0.25, 0.3) is 0 Å². The molecule has 128 valence electrons. The van der Waals surface area contributed by atoms with Gasteiger partial charge < -0.3 is 19.7 Å². The van der Waals surface area contributed by atoms with Crippen LogP contribution in [-0.4, -0.2) is 24.4 Å². The van der Waals surface area contributed by atoms with Crippen LogP contribution in [0.15, 0.2) is 36.4 Å². The van der Waals surface area contributed by atoms with Crippen molar-refractivity contribution in [1.29, 1.82) is 0 Å². The van der Waals surface area contributed by atoms with Gasteiger partial charge in [-0.2, -0.15) is 0 Å².